The molecule has 0 atom stereocenters. The molecule has 0 saturated carbocycles. The molecule has 0 spiro atoms. The lowest BCUT2D eigenvalue weighted by Gasteiger charge is -2.14. The number of rotatable bonds is 6. The summed E-state index contributed by atoms with van der Waals surface area (Å²) in [6.45, 7) is 7.68. The Bertz CT molecular complexity index is 578. The minimum absolute atomic E-state index is 0.0293. The van der Waals surface area contributed by atoms with Crippen LogP contribution in [0.1, 0.15) is 30.1 Å². The molecule has 0 aliphatic heterocycles. The lowest BCUT2D eigenvalue weighted by atomic mass is 10.4. The van der Waals surface area contributed by atoms with E-state index < -0.39 is 0 Å². The molecular weight excluding hydrogens is 292 g/mol. The number of aryl methyl sites for hydroxylation is 1. The average Bonchev–Trinajstić information content (AvgIpc) is 3.01. The van der Waals surface area contributed by atoms with Crippen molar-refractivity contribution in [1.82, 2.24) is 15.3 Å². The van der Waals surface area contributed by atoms with Crippen molar-refractivity contribution < 1.29 is 4.79 Å². The summed E-state index contributed by atoms with van der Waals surface area (Å²) in [6, 6.07) is 0. The predicted molar refractivity (Wildman–Crippen MR) is 83.2 cm³/mol. The second-order valence-corrected chi connectivity index (χ2v) is 6.13. The monoisotopic (exact) mass is 310 g/mol. The number of amides is 1. The van der Waals surface area contributed by atoms with Crippen molar-refractivity contribution in [3.8, 4) is 0 Å². The number of carbonyl (C=O) groups excluding carboxylic acids is 1. The number of thiazole rings is 2. The maximum Gasteiger partial charge on any atom is 0.225 e. The van der Waals surface area contributed by atoms with Gasteiger partial charge in [0.25, 0.3) is 0 Å². The first kappa shape index (κ1) is 15.1. The smallest absolute Gasteiger partial charge is 0.225 e. The largest absolute Gasteiger partial charge is 0.306 e. The lowest BCUT2D eigenvalue weighted by molar-refractivity contribution is -0.116. The molecule has 20 heavy (non-hydrogen) atoms. The van der Waals surface area contributed by atoms with E-state index in [0.29, 0.717) is 13.1 Å². The fourth-order valence-corrected chi connectivity index (χ4v) is 3.47. The first-order valence-corrected chi connectivity index (χ1v) is 8.20. The van der Waals surface area contributed by atoms with Gasteiger partial charge < -0.3 is 5.32 Å². The number of hydrogen-bond donors (Lipinski definition) is 1. The van der Waals surface area contributed by atoms with Gasteiger partial charge in [-0.05, 0) is 13.8 Å². The molecule has 5 nitrogen and oxygen atoms in total. The van der Waals surface area contributed by atoms with Crippen molar-refractivity contribution >= 4 is 33.7 Å². The fourth-order valence-electron chi connectivity index (χ4n) is 1.79. The van der Waals surface area contributed by atoms with Gasteiger partial charge in [0, 0.05) is 36.8 Å². The molecule has 1 amide bonds. The van der Waals surface area contributed by atoms with Gasteiger partial charge in [-0.15, -0.1) is 22.7 Å². The number of hydrogen-bond acceptors (Lipinski definition) is 6. The third-order valence-electron chi connectivity index (χ3n) is 2.90. The minimum atomic E-state index is 0.0293. The molecular formula is C13H18N4OS2. The second kappa shape index (κ2) is 6.92. The molecule has 2 aromatic rings. The van der Waals surface area contributed by atoms with Gasteiger partial charge in [0.1, 0.15) is 0 Å². The van der Waals surface area contributed by atoms with E-state index in [9.17, 15) is 4.79 Å². The number of nitrogens with one attached hydrogen (secondary N) is 1. The minimum Gasteiger partial charge on any atom is -0.306 e. The normalized spacial score (nSPS) is 10.8. The van der Waals surface area contributed by atoms with Crippen molar-refractivity contribution in [1.29, 1.82) is 0 Å². The van der Waals surface area contributed by atoms with E-state index in [-0.39, 0.29) is 5.91 Å². The van der Waals surface area contributed by atoms with Gasteiger partial charge in [-0.3, -0.25) is 9.69 Å². The summed E-state index contributed by atoms with van der Waals surface area (Å²) >= 11 is 3.16. The molecule has 0 unspecified atom stereocenters. The van der Waals surface area contributed by atoms with Gasteiger partial charge in [-0.1, -0.05) is 0 Å². The van der Waals surface area contributed by atoms with Crippen molar-refractivity contribution in [3.63, 3.8) is 0 Å². The zero-order chi connectivity index (χ0) is 14.5. The Hall–Kier alpha value is -1.31. The maximum atomic E-state index is 11.5. The van der Waals surface area contributed by atoms with Crippen molar-refractivity contribution in [2.75, 3.05) is 11.4 Å². The Balaban J connectivity index is 1.90. The van der Waals surface area contributed by atoms with Crippen molar-refractivity contribution in [2.24, 2.45) is 0 Å². The number of carbonyl (C=O) groups is 1. The molecule has 7 heteroatoms. The van der Waals surface area contributed by atoms with Crippen LogP contribution >= 0.6 is 22.7 Å². The van der Waals surface area contributed by atoms with Gasteiger partial charge in [0.15, 0.2) is 5.13 Å². The summed E-state index contributed by atoms with van der Waals surface area (Å²) in [5, 5.41) is 6.12. The van der Waals surface area contributed by atoms with Crippen molar-refractivity contribution in [2.45, 2.75) is 33.9 Å². The summed E-state index contributed by atoms with van der Waals surface area (Å²) in [5.74, 6) is 0.0293. The number of aromatic nitrogens is 2. The molecule has 0 fully saturated rings. The molecule has 0 aliphatic rings. The second-order valence-electron chi connectivity index (χ2n) is 4.35. The molecule has 0 saturated heterocycles. The number of nitrogens with zero attached hydrogens (tertiary/aromatic N) is 3. The van der Waals surface area contributed by atoms with E-state index in [1.54, 1.807) is 23.2 Å². The Morgan fingerprint density at radius 3 is 2.80 bits per heavy atom. The van der Waals surface area contributed by atoms with Crippen molar-refractivity contribution in [3.05, 3.63) is 27.2 Å². The summed E-state index contributed by atoms with van der Waals surface area (Å²) < 4.78 is 0. The highest BCUT2D eigenvalue weighted by molar-refractivity contribution is 7.14. The van der Waals surface area contributed by atoms with E-state index in [1.165, 1.54) is 16.2 Å². The summed E-state index contributed by atoms with van der Waals surface area (Å²) in [7, 11) is 0. The average molecular weight is 310 g/mol. The molecule has 0 radical (unpaired) electrons. The summed E-state index contributed by atoms with van der Waals surface area (Å²) in [5.41, 5.74) is 3.90. The number of anilines is 1. The van der Waals surface area contributed by atoms with Gasteiger partial charge in [0.2, 0.25) is 5.91 Å². The Morgan fingerprint density at radius 1 is 1.40 bits per heavy atom. The van der Waals surface area contributed by atoms with Gasteiger partial charge in [0.05, 0.1) is 16.9 Å². The molecule has 0 aromatic carbocycles. The standard InChI is InChI=1S/C13H18N4OS2/c1-4-17(10(3)18)13-16-11(7-19-13)5-14-6-12-9(2)15-8-20-12/h7-8,14H,4-6H2,1-3H3. The van der Waals surface area contributed by atoms with Gasteiger partial charge in [-0.2, -0.15) is 0 Å². The highest BCUT2D eigenvalue weighted by Gasteiger charge is 2.13. The van der Waals surface area contributed by atoms with Crippen LogP contribution in [0.2, 0.25) is 0 Å². The van der Waals surface area contributed by atoms with E-state index in [2.05, 4.69) is 15.3 Å². The molecule has 0 aliphatic carbocycles. The van der Waals surface area contributed by atoms with E-state index in [4.69, 9.17) is 0 Å². The van der Waals surface area contributed by atoms with Crippen LogP contribution < -0.4 is 10.2 Å². The molecule has 2 rings (SSSR count). The van der Waals surface area contributed by atoms with Crippen LogP contribution in [0.25, 0.3) is 0 Å². The SMILES string of the molecule is CCN(C(C)=O)c1nc(CNCc2scnc2C)cs1. The molecule has 2 heterocycles. The maximum absolute atomic E-state index is 11.5. The van der Waals surface area contributed by atoms with Gasteiger partial charge in [-0.25, -0.2) is 9.97 Å². The van der Waals surface area contributed by atoms with Crippen LogP contribution in [0.3, 0.4) is 0 Å². The van der Waals surface area contributed by atoms with Crippen LogP contribution in [0.5, 0.6) is 0 Å². The summed E-state index contributed by atoms with van der Waals surface area (Å²) in [6.07, 6.45) is 0. The van der Waals surface area contributed by atoms with E-state index in [1.807, 2.05) is 24.7 Å². The third kappa shape index (κ3) is 3.62. The van der Waals surface area contributed by atoms with Crippen LogP contribution in [-0.2, 0) is 17.9 Å². The van der Waals surface area contributed by atoms with Crippen LogP contribution in [0.15, 0.2) is 10.9 Å². The first-order chi connectivity index (χ1) is 9.61. The zero-order valence-electron chi connectivity index (χ0n) is 11.8. The fraction of sp³-hybridized carbons (Fsp3) is 0.462. The topological polar surface area (TPSA) is 58.1 Å². The van der Waals surface area contributed by atoms with Crippen LogP contribution in [0.4, 0.5) is 5.13 Å². The Morgan fingerprint density at radius 2 is 2.20 bits per heavy atom. The molecule has 0 bridgehead atoms. The van der Waals surface area contributed by atoms with Crippen LogP contribution in [0, 0.1) is 6.92 Å². The molecule has 1 N–H and O–H groups in total. The quantitative estimate of drug-likeness (QED) is 0.891. The lowest BCUT2D eigenvalue weighted by Crippen LogP contribution is -2.27. The highest BCUT2D eigenvalue weighted by Crippen LogP contribution is 2.20. The van der Waals surface area contributed by atoms with Crippen LogP contribution in [-0.4, -0.2) is 22.4 Å². The molecule has 2 aromatic heterocycles. The van der Waals surface area contributed by atoms with Gasteiger partial charge >= 0.3 is 0 Å². The predicted octanol–water partition coefficient (Wildman–Crippen LogP) is 2.57. The molecule has 108 valence electrons. The Labute approximate surface area is 126 Å². The summed E-state index contributed by atoms with van der Waals surface area (Å²) in [4.78, 5) is 23.1. The first-order valence-electron chi connectivity index (χ1n) is 6.44. The van der Waals surface area contributed by atoms with E-state index in [0.717, 1.165) is 23.1 Å². The Kier molecular flexibility index (Phi) is 5.22. The zero-order valence-corrected chi connectivity index (χ0v) is 13.5. The third-order valence-corrected chi connectivity index (χ3v) is 4.75. The van der Waals surface area contributed by atoms with E-state index >= 15 is 0 Å². The highest BCUT2D eigenvalue weighted by atomic mass is 32.1.